The van der Waals surface area contributed by atoms with E-state index in [1.165, 1.54) is 4.31 Å². The van der Waals surface area contributed by atoms with Crippen LogP contribution in [0.5, 0.6) is 5.75 Å². The van der Waals surface area contributed by atoms with Crippen molar-refractivity contribution in [2.24, 2.45) is 0 Å². The number of ether oxygens (including phenoxy) is 1. The van der Waals surface area contributed by atoms with Crippen LogP contribution < -0.4 is 9.04 Å². The van der Waals surface area contributed by atoms with E-state index in [1.807, 2.05) is 31.2 Å². The predicted octanol–water partition coefficient (Wildman–Crippen LogP) is 4.32. The van der Waals surface area contributed by atoms with Crippen molar-refractivity contribution >= 4 is 27.3 Å². The maximum Gasteiger partial charge on any atom is 0.264 e. The standard InChI is InChI=1S/C19H18ClNO3S/c1-13-6-9-15(10-7-13)25(22,23)21-16-4-2-3-5-18(16)24-19-11-8-14(20)12-17(19)21/h2-3,6-12,16,18H,4-5H2,1H3/t16-,18-/m1/s1. The highest BCUT2D eigenvalue weighted by Gasteiger charge is 2.42. The molecule has 1 aliphatic heterocycles. The normalized spacial score (nSPS) is 22.1. The van der Waals surface area contributed by atoms with Crippen LogP contribution in [0.3, 0.4) is 0 Å². The summed E-state index contributed by atoms with van der Waals surface area (Å²) in [6, 6.07) is 11.8. The first-order chi connectivity index (χ1) is 12.0. The highest BCUT2D eigenvalue weighted by molar-refractivity contribution is 7.92. The van der Waals surface area contributed by atoms with Gasteiger partial charge < -0.3 is 4.74 Å². The Hall–Kier alpha value is -1.98. The number of halogens is 1. The van der Waals surface area contributed by atoms with Gasteiger partial charge in [0, 0.05) is 11.4 Å². The van der Waals surface area contributed by atoms with Crippen LogP contribution in [-0.2, 0) is 10.0 Å². The van der Waals surface area contributed by atoms with Gasteiger partial charge in [-0.15, -0.1) is 0 Å². The van der Waals surface area contributed by atoms with Gasteiger partial charge in [0.25, 0.3) is 10.0 Å². The fourth-order valence-electron chi connectivity index (χ4n) is 3.38. The molecule has 0 spiro atoms. The number of rotatable bonds is 2. The summed E-state index contributed by atoms with van der Waals surface area (Å²) in [6.07, 6.45) is 5.16. The second kappa shape index (κ2) is 6.07. The molecule has 0 amide bonds. The molecule has 2 atom stereocenters. The third-order valence-electron chi connectivity index (χ3n) is 4.66. The van der Waals surface area contributed by atoms with Gasteiger partial charge in [0.2, 0.25) is 0 Å². The Balaban J connectivity index is 1.89. The summed E-state index contributed by atoms with van der Waals surface area (Å²) in [5.74, 6) is 0.552. The molecule has 1 aliphatic carbocycles. The van der Waals surface area contributed by atoms with E-state index in [9.17, 15) is 8.42 Å². The Bertz CT molecular complexity index is 938. The lowest BCUT2D eigenvalue weighted by atomic mass is 9.96. The van der Waals surface area contributed by atoms with Crippen molar-refractivity contribution in [3.05, 3.63) is 65.2 Å². The SMILES string of the molecule is Cc1ccc(S(=O)(=O)N2c3cc(Cl)ccc3O[C@@H]3CC=CC[C@H]32)cc1. The fourth-order valence-corrected chi connectivity index (χ4v) is 5.24. The van der Waals surface area contributed by atoms with Crippen LogP contribution in [0, 0.1) is 6.92 Å². The Kier molecular flexibility index (Phi) is 4.01. The first-order valence-electron chi connectivity index (χ1n) is 8.19. The Morgan fingerprint density at radius 2 is 1.80 bits per heavy atom. The minimum atomic E-state index is -3.72. The molecule has 0 unspecified atom stereocenters. The maximum absolute atomic E-state index is 13.4. The topological polar surface area (TPSA) is 46.6 Å². The summed E-state index contributed by atoms with van der Waals surface area (Å²) in [5.41, 5.74) is 1.52. The molecule has 0 aromatic heterocycles. The van der Waals surface area contributed by atoms with Gasteiger partial charge in [0.05, 0.1) is 16.6 Å². The third kappa shape index (κ3) is 2.81. The predicted molar refractivity (Wildman–Crippen MR) is 98.9 cm³/mol. The van der Waals surface area contributed by atoms with E-state index >= 15 is 0 Å². The van der Waals surface area contributed by atoms with Gasteiger partial charge in [0.1, 0.15) is 11.9 Å². The number of aryl methyl sites for hydroxylation is 1. The second-order valence-corrected chi connectivity index (χ2v) is 8.64. The zero-order valence-electron chi connectivity index (χ0n) is 13.7. The minimum absolute atomic E-state index is 0.195. The molecule has 2 aliphatic rings. The fraction of sp³-hybridized carbons (Fsp3) is 0.263. The Morgan fingerprint density at radius 1 is 1.08 bits per heavy atom. The van der Waals surface area contributed by atoms with Gasteiger partial charge in [-0.3, -0.25) is 4.31 Å². The van der Waals surface area contributed by atoms with Gasteiger partial charge in [-0.2, -0.15) is 0 Å². The Morgan fingerprint density at radius 3 is 2.56 bits per heavy atom. The molecule has 6 heteroatoms. The van der Waals surface area contributed by atoms with E-state index in [0.29, 0.717) is 29.3 Å². The van der Waals surface area contributed by atoms with Crippen molar-refractivity contribution in [2.45, 2.75) is 36.8 Å². The van der Waals surface area contributed by atoms with Crippen LogP contribution in [0.25, 0.3) is 0 Å². The Labute approximate surface area is 152 Å². The number of nitrogens with zero attached hydrogens (tertiary/aromatic N) is 1. The summed E-state index contributed by atoms with van der Waals surface area (Å²) in [5, 5.41) is 0.483. The highest BCUT2D eigenvalue weighted by Crippen LogP contribution is 2.43. The van der Waals surface area contributed by atoms with Crippen molar-refractivity contribution in [2.75, 3.05) is 4.31 Å². The average molecular weight is 376 g/mol. The molecule has 2 aromatic rings. The van der Waals surface area contributed by atoms with Gasteiger partial charge in [-0.1, -0.05) is 41.4 Å². The molecular formula is C19H18ClNO3S. The van der Waals surface area contributed by atoms with Crippen LogP contribution in [0.2, 0.25) is 5.02 Å². The lowest BCUT2D eigenvalue weighted by Crippen LogP contribution is -2.52. The monoisotopic (exact) mass is 375 g/mol. The number of fused-ring (bicyclic) bond motifs is 2. The molecule has 0 N–H and O–H groups in total. The molecule has 130 valence electrons. The van der Waals surface area contributed by atoms with Gasteiger partial charge >= 0.3 is 0 Å². The van der Waals surface area contributed by atoms with Crippen LogP contribution in [0.15, 0.2) is 59.5 Å². The van der Waals surface area contributed by atoms with Crippen molar-refractivity contribution in [1.29, 1.82) is 0 Å². The molecule has 2 aromatic carbocycles. The lowest BCUT2D eigenvalue weighted by Gasteiger charge is -2.43. The van der Waals surface area contributed by atoms with Crippen LogP contribution in [0.4, 0.5) is 5.69 Å². The quantitative estimate of drug-likeness (QED) is 0.734. The minimum Gasteiger partial charge on any atom is -0.486 e. The molecule has 4 nitrogen and oxygen atoms in total. The summed E-state index contributed by atoms with van der Waals surface area (Å²) in [4.78, 5) is 0.277. The largest absolute Gasteiger partial charge is 0.486 e. The van der Waals surface area contributed by atoms with Gasteiger partial charge in [-0.25, -0.2) is 8.42 Å². The van der Waals surface area contributed by atoms with Crippen LogP contribution in [0.1, 0.15) is 18.4 Å². The van der Waals surface area contributed by atoms with E-state index in [2.05, 4.69) is 0 Å². The zero-order chi connectivity index (χ0) is 17.6. The first kappa shape index (κ1) is 16.5. The van der Waals surface area contributed by atoms with Crippen LogP contribution >= 0.6 is 11.6 Å². The van der Waals surface area contributed by atoms with Crippen molar-refractivity contribution in [1.82, 2.24) is 0 Å². The summed E-state index contributed by atoms with van der Waals surface area (Å²) < 4.78 is 34.4. The van der Waals surface area contributed by atoms with E-state index in [4.69, 9.17) is 16.3 Å². The molecule has 0 saturated carbocycles. The summed E-state index contributed by atoms with van der Waals surface area (Å²) >= 11 is 6.14. The molecule has 0 saturated heterocycles. The van der Waals surface area contributed by atoms with E-state index in [0.717, 1.165) is 5.56 Å². The number of benzene rings is 2. The lowest BCUT2D eigenvalue weighted by molar-refractivity contribution is 0.158. The molecule has 0 fully saturated rings. The smallest absolute Gasteiger partial charge is 0.264 e. The van der Waals surface area contributed by atoms with Crippen LogP contribution in [-0.4, -0.2) is 20.6 Å². The highest BCUT2D eigenvalue weighted by atomic mass is 35.5. The molecule has 0 radical (unpaired) electrons. The average Bonchev–Trinajstić information content (AvgIpc) is 2.60. The summed E-state index contributed by atoms with van der Waals surface area (Å²) in [6.45, 7) is 1.93. The van der Waals surface area contributed by atoms with Crippen molar-refractivity contribution < 1.29 is 13.2 Å². The zero-order valence-corrected chi connectivity index (χ0v) is 15.3. The summed E-state index contributed by atoms with van der Waals surface area (Å²) in [7, 11) is -3.72. The molecular weight excluding hydrogens is 358 g/mol. The number of sulfonamides is 1. The molecule has 25 heavy (non-hydrogen) atoms. The number of hydrogen-bond acceptors (Lipinski definition) is 3. The van der Waals surface area contributed by atoms with Gasteiger partial charge in [0.15, 0.2) is 0 Å². The van der Waals surface area contributed by atoms with E-state index in [-0.39, 0.29) is 17.0 Å². The molecule has 4 rings (SSSR count). The third-order valence-corrected chi connectivity index (χ3v) is 6.75. The molecule has 1 heterocycles. The van der Waals surface area contributed by atoms with E-state index in [1.54, 1.807) is 30.3 Å². The van der Waals surface area contributed by atoms with E-state index < -0.39 is 10.0 Å². The maximum atomic E-state index is 13.4. The van der Waals surface area contributed by atoms with Gasteiger partial charge in [-0.05, 0) is 43.7 Å². The number of hydrogen-bond donors (Lipinski definition) is 0. The van der Waals surface area contributed by atoms with Crippen molar-refractivity contribution in [3.63, 3.8) is 0 Å². The number of anilines is 1. The van der Waals surface area contributed by atoms with Crippen molar-refractivity contribution in [3.8, 4) is 5.75 Å². The molecule has 0 bridgehead atoms. The second-order valence-electron chi connectivity index (χ2n) is 6.39. The first-order valence-corrected chi connectivity index (χ1v) is 10.0.